The molecule has 2 aromatic carbocycles. The summed E-state index contributed by atoms with van der Waals surface area (Å²) >= 11 is 1.30. The molecule has 3 rings (SSSR count). The number of thiazole rings is 1. The standard InChI is InChI=1S/C23H26N2O7S/c1-6-32-10-9-25-16-8-7-14(22(27)31-5)13-19(16)33-23(25)24-21(26)15-11-17(28-2)20(30-4)18(12-15)29-3/h7-8,11-13H,6,9-10H2,1-5H3. The summed E-state index contributed by atoms with van der Waals surface area (Å²) in [5.41, 5.74) is 1.54. The number of nitrogens with zero attached hydrogens (tertiary/aromatic N) is 2. The lowest BCUT2D eigenvalue weighted by Gasteiger charge is -2.12. The Labute approximate surface area is 195 Å². The highest BCUT2D eigenvalue weighted by Crippen LogP contribution is 2.38. The van der Waals surface area contributed by atoms with Gasteiger partial charge in [0.05, 0.1) is 50.8 Å². The molecule has 1 amide bonds. The number of carbonyl (C=O) groups is 2. The molecule has 1 aromatic heterocycles. The number of hydrogen-bond donors (Lipinski definition) is 0. The molecule has 1 heterocycles. The van der Waals surface area contributed by atoms with Gasteiger partial charge in [0, 0.05) is 18.7 Å². The molecule has 0 bridgehead atoms. The summed E-state index contributed by atoms with van der Waals surface area (Å²) in [6.07, 6.45) is 0. The average Bonchev–Trinajstić information content (AvgIpc) is 3.18. The third kappa shape index (κ3) is 5.18. The SMILES string of the molecule is CCOCCn1c(=NC(=O)c2cc(OC)c(OC)c(OC)c2)sc2cc(C(=O)OC)ccc21. The number of fused-ring (bicyclic) bond motifs is 1. The van der Waals surface area contributed by atoms with Gasteiger partial charge in [0.2, 0.25) is 5.75 Å². The first-order valence-corrected chi connectivity index (χ1v) is 11.0. The van der Waals surface area contributed by atoms with E-state index in [1.54, 1.807) is 24.3 Å². The summed E-state index contributed by atoms with van der Waals surface area (Å²) in [4.78, 5) is 29.9. The monoisotopic (exact) mass is 474 g/mol. The molecule has 9 nitrogen and oxygen atoms in total. The lowest BCUT2D eigenvalue weighted by molar-refractivity contribution is 0.0600. The number of hydrogen-bond acceptors (Lipinski definition) is 8. The highest BCUT2D eigenvalue weighted by atomic mass is 32.1. The molecule has 33 heavy (non-hydrogen) atoms. The van der Waals surface area contributed by atoms with E-state index in [0.717, 1.165) is 10.2 Å². The molecule has 176 valence electrons. The number of aromatic nitrogens is 1. The summed E-state index contributed by atoms with van der Waals surface area (Å²) in [6.45, 7) is 3.43. The summed E-state index contributed by atoms with van der Waals surface area (Å²) in [6, 6.07) is 8.34. The lowest BCUT2D eigenvalue weighted by Crippen LogP contribution is -2.19. The second kappa shape index (κ2) is 11.0. The number of benzene rings is 2. The zero-order chi connectivity index (χ0) is 24.0. The summed E-state index contributed by atoms with van der Waals surface area (Å²) in [7, 11) is 5.79. The van der Waals surface area contributed by atoms with Gasteiger partial charge in [-0.1, -0.05) is 11.3 Å². The Morgan fingerprint density at radius 1 is 0.970 bits per heavy atom. The lowest BCUT2D eigenvalue weighted by atomic mass is 10.1. The normalized spacial score (nSPS) is 11.5. The average molecular weight is 475 g/mol. The summed E-state index contributed by atoms with van der Waals surface area (Å²) < 4.78 is 29.0. The number of rotatable bonds is 9. The van der Waals surface area contributed by atoms with Crippen LogP contribution >= 0.6 is 11.3 Å². The molecule has 3 aromatic rings. The zero-order valence-corrected chi connectivity index (χ0v) is 20.0. The van der Waals surface area contributed by atoms with Crippen LogP contribution in [0.5, 0.6) is 17.2 Å². The van der Waals surface area contributed by atoms with Gasteiger partial charge in [-0.05, 0) is 37.3 Å². The minimum atomic E-state index is -0.473. The largest absolute Gasteiger partial charge is 0.493 e. The van der Waals surface area contributed by atoms with Gasteiger partial charge in [-0.2, -0.15) is 4.99 Å². The van der Waals surface area contributed by atoms with Crippen molar-refractivity contribution in [2.45, 2.75) is 13.5 Å². The highest BCUT2D eigenvalue weighted by Gasteiger charge is 2.18. The molecule has 0 N–H and O–H groups in total. The van der Waals surface area contributed by atoms with Crippen LogP contribution in [-0.2, 0) is 16.0 Å². The van der Waals surface area contributed by atoms with E-state index in [1.807, 2.05) is 17.6 Å². The molecule has 0 spiro atoms. The van der Waals surface area contributed by atoms with Crippen LogP contribution in [0, 0.1) is 0 Å². The van der Waals surface area contributed by atoms with Crippen LogP contribution in [0.1, 0.15) is 27.6 Å². The van der Waals surface area contributed by atoms with E-state index in [2.05, 4.69) is 4.99 Å². The first kappa shape index (κ1) is 24.3. The molecule has 0 aliphatic carbocycles. The Hall–Kier alpha value is -3.37. The van der Waals surface area contributed by atoms with E-state index in [-0.39, 0.29) is 5.56 Å². The van der Waals surface area contributed by atoms with Gasteiger partial charge in [-0.25, -0.2) is 4.79 Å². The van der Waals surface area contributed by atoms with Gasteiger partial charge in [-0.15, -0.1) is 0 Å². The second-order valence-corrected chi connectivity index (χ2v) is 7.75. The number of carbonyl (C=O) groups excluding carboxylic acids is 2. The van der Waals surface area contributed by atoms with Crippen molar-refractivity contribution < 1.29 is 33.3 Å². The van der Waals surface area contributed by atoms with Gasteiger partial charge >= 0.3 is 5.97 Å². The van der Waals surface area contributed by atoms with Gasteiger partial charge in [-0.3, -0.25) is 4.79 Å². The maximum Gasteiger partial charge on any atom is 0.337 e. The van der Waals surface area contributed by atoms with Gasteiger partial charge < -0.3 is 28.3 Å². The Kier molecular flexibility index (Phi) is 8.07. The zero-order valence-electron chi connectivity index (χ0n) is 19.2. The van der Waals surface area contributed by atoms with Crippen molar-refractivity contribution in [2.24, 2.45) is 4.99 Å². The van der Waals surface area contributed by atoms with Crippen molar-refractivity contribution in [1.29, 1.82) is 0 Å². The van der Waals surface area contributed by atoms with Crippen molar-refractivity contribution in [3.8, 4) is 17.2 Å². The Morgan fingerprint density at radius 2 is 1.67 bits per heavy atom. The number of esters is 1. The topological polar surface area (TPSA) is 97.6 Å². The molecule has 0 fully saturated rings. The van der Waals surface area contributed by atoms with Crippen molar-refractivity contribution in [1.82, 2.24) is 4.57 Å². The summed E-state index contributed by atoms with van der Waals surface area (Å²) in [5.74, 6) is 0.204. The quantitative estimate of drug-likeness (QED) is 0.347. The molecule has 0 saturated heterocycles. The molecule has 0 atom stereocenters. The Morgan fingerprint density at radius 3 is 2.24 bits per heavy atom. The predicted octanol–water partition coefficient (Wildman–Crippen LogP) is 3.29. The number of ether oxygens (including phenoxy) is 5. The first-order chi connectivity index (χ1) is 16.0. The molecule has 0 radical (unpaired) electrons. The summed E-state index contributed by atoms with van der Waals surface area (Å²) in [5, 5.41) is 0. The van der Waals surface area contributed by atoms with E-state index in [1.165, 1.54) is 39.8 Å². The van der Waals surface area contributed by atoms with E-state index in [9.17, 15) is 9.59 Å². The fourth-order valence-corrected chi connectivity index (χ4v) is 4.37. The third-order valence-electron chi connectivity index (χ3n) is 4.88. The number of methoxy groups -OCH3 is 4. The molecule has 0 saturated carbocycles. The van der Waals surface area contributed by atoms with E-state index in [0.29, 0.717) is 47.4 Å². The van der Waals surface area contributed by atoms with Gasteiger partial charge in [0.1, 0.15) is 0 Å². The number of amides is 1. The van der Waals surface area contributed by atoms with Gasteiger partial charge in [0.25, 0.3) is 5.91 Å². The third-order valence-corrected chi connectivity index (χ3v) is 5.92. The minimum absolute atomic E-state index is 0.286. The van der Waals surface area contributed by atoms with E-state index < -0.39 is 11.9 Å². The van der Waals surface area contributed by atoms with Crippen molar-refractivity contribution in [3.05, 3.63) is 46.3 Å². The molecular weight excluding hydrogens is 448 g/mol. The van der Waals surface area contributed by atoms with Crippen LogP contribution in [0.15, 0.2) is 35.3 Å². The van der Waals surface area contributed by atoms with Crippen LogP contribution in [0.3, 0.4) is 0 Å². The fourth-order valence-electron chi connectivity index (χ4n) is 3.28. The fraction of sp³-hybridized carbons (Fsp3) is 0.348. The smallest absolute Gasteiger partial charge is 0.337 e. The van der Waals surface area contributed by atoms with Crippen LogP contribution in [0.2, 0.25) is 0 Å². The molecule has 0 unspecified atom stereocenters. The van der Waals surface area contributed by atoms with E-state index in [4.69, 9.17) is 23.7 Å². The Balaban J connectivity index is 2.12. The van der Waals surface area contributed by atoms with Gasteiger partial charge in [0.15, 0.2) is 16.3 Å². The first-order valence-electron chi connectivity index (χ1n) is 10.2. The Bertz CT molecular complexity index is 1200. The molecule has 0 aliphatic rings. The van der Waals surface area contributed by atoms with Crippen LogP contribution in [0.4, 0.5) is 0 Å². The van der Waals surface area contributed by atoms with Crippen LogP contribution in [0.25, 0.3) is 10.2 Å². The van der Waals surface area contributed by atoms with Crippen LogP contribution in [-0.4, -0.2) is 58.1 Å². The molecular formula is C23H26N2O7S. The molecule has 10 heteroatoms. The second-order valence-electron chi connectivity index (χ2n) is 6.74. The maximum absolute atomic E-state index is 13.1. The predicted molar refractivity (Wildman–Crippen MR) is 124 cm³/mol. The maximum atomic E-state index is 13.1. The van der Waals surface area contributed by atoms with E-state index >= 15 is 0 Å². The van der Waals surface area contributed by atoms with Crippen molar-refractivity contribution in [3.63, 3.8) is 0 Å². The minimum Gasteiger partial charge on any atom is -0.493 e. The highest BCUT2D eigenvalue weighted by molar-refractivity contribution is 7.16. The van der Waals surface area contributed by atoms with Crippen LogP contribution < -0.4 is 19.0 Å². The molecule has 0 aliphatic heterocycles. The van der Waals surface area contributed by atoms with Crippen molar-refractivity contribution in [2.75, 3.05) is 41.7 Å². The van der Waals surface area contributed by atoms with Crippen molar-refractivity contribution >= 4 is 33.4 Å².